The number of carbonyl (C=O) groups is 5. The summed E-state index contributed by atoms with van der Waals surface area (Å²) in [4.78, 5) is 79.8. The molecule has 0 saturated carbocycles. The number of benzene rings is 12. The molecule has 16 aromatic rings. The Kier molecular flexibility index (Phi) is 22.6. The van der Waals surface area contributed by atoms with Gasteiger partial charge in [0.1, 0.15) is 37.1 Å². The number of para-hydroxylation sites is 8. The standard InChI is InChI=1S/C22H16N4O2.C22H19N3O3.C22H17N3O3.C21H17N3O3/c1-28-21-12-17(10-9-16(21)13-23)25-22(27)15-5-4-6-18(11-15)26-14-24-19-7-2-3-8-20(19)26;1-27-20-11-10-16(13-21(20)28-2)24-22(26)15-6-5-7-17(12-15)25-14-23-18-8-3-4-9-19(18)25;1-28-22(27)15-9-11-17(12-10-15)24-21(26)16-5-4-6-18(13-16)25-14-23-19-7-2-3-8-20(19)25;1-27-20-12-15(9-10-19(20)25)23-21(26)14-5-4-6-16(11-14)24-13-22-17-7-2-3-8-18(17)24/h2-12,14H,1H3,(H,25,27);3-14H,1-2H3,(H,24,26);2-14H,1H3,(H,24,26);2-13,25H,1H3,(H,23,26). The highest BCUT2D eigenvalue weighted by molar-refractivity contribution is 6.07. The number of hydrogen-bond donors (Lipinski definition) is 5. The summed E-state index contributed by atoms with van der Waals surface area (Å²) in [5.74, 6) is 0.518. The van der Waals surface area contributed by atoms with Crippen molar-refractivity contribution in [2.24, 2.45) is 0 Å². The highest BCUT2D eigenvalue weighted by Gasteiger charge is 2.18. The van der Waals surface area contributed by atoms with Crippen molar-refractivity contribution in [2.75, 3.05) is 56.8 Å². The second-order valence-corrected chi connectivity index (χ2v) is 24.5. The van der Waals surface area contributed by atoms with Crippen LogP contribution in [0.4, 0.5) is 22.7 Å². The summed E-state index contributed by atoms with van der Waals surface area (Å²) >= 11 is 0. The lowest BCUT2D eigenvalue weighted by Gasteiger charge is -2.11. The van der Waals surface area contributed by atoms with E-state index in [-0.39, 0.29) is 29.4 Å². The summed E-state index contributed by atoms with van der Waals surface area (Å²) < 4.78 is 33.2. The second-order valence-electron chi connectivity index (χ2n) is 24.5. The Morgan fingerprint density at radius 2 is 0.640 bits per heavy atom. The van der Waals surface area contributed by atoms with Gasteiger partial charge >= 0.3 is 5.97 Å². The van der Waals surface area contributed by atoms with Crippen molar-refractivity contribution in [1.29, 1.82) is 5.26 Å². The van der Waals surface area contributed by atoms with Crippen LogP contribution in [0.2, 0.25) is 0 Å². The van der Waals surface area contributed by atoms with E-state index in [4.69, 9.17) is 24.2 Å². The molecule has 4 heterocycles. The summed E-state index contributed by atoms with van der Waals surface area (Å²) in [6.07, 6.45) is 6.99. The minimum absolute atomic E-state index is 0.0180. The van der Waals surface area contributed by atoms with Crippen LogP contribution >= 0.6 is 0 Å². The molecule has 548 valence electrons. The first-order chi connectivity index (χ1) is 54.2. The van der Waals surface area contributed by atoms with Crippen LogP contribution < -0.4 is 40.2 Å². The number of aromatic nitrogens is 8. The number of nitrogens with one attached hydrogen (secondary N) is 4. The first-order valence-corrected chi connectivity index (χ1v) is 34.4. The summed E-state index contributed by atoms with van der Waals surface area (Å²) in [7, 11) is 7.40. The smallest absolute Gasteiger partial charge is 0.337 e. The van der Waals surface area contributed by atoms with Gasteiger partial charge in [-0.15, -0.1) is 0 Å². The van der Waals surface area contributed by atoms with Crippen molar-refractivity contribution >= 4 is 96.5 Å². The van der Waals surface area contributed by atoms with Crippen LogP contribution in [0.15, 0.2) is 298 Å². The van der Waals surface area contributed by atoms with E-state index in [0.717, 1.165) is 66.9 Å². The summed E-state index contributed by atoms with van der Waals surface area (Å²) in [5, 5.41) is 30.1. The Hall–Kier alpha value is -15.6. The SMILES string of the molecule is COC(=O)c1ccc(NC(=O)c2cccc(-n3cnc4ccccc43)c2)cc1.COc1cc(NC(=O)c2cccc(-n3cnc4ccccc43)c2)ccc1C#N.COc1cc(NC(=O)c2cccc(-n3cnc4ccccc43)c2)ccc1O.COc1ccc(NC(=O)c2cccc(-n3cnc4ccccc43)c2)cc1OC. The molecule has 16 rings (SSSR count). The van der Waals surface area contributed by atoms with Crippen LogP contribution in [-0.4, -0.2) is 108 Å². The topological polar surface area (TPSA) is 295 Å². The molecule has 0 saturated heterocycles. The molecule has 4 amide bonds. The molecule has 0 aliphatic heterocycles. The number of imidazole rings is 4. The van der Waals surface area contributed by atoms with Crippen LogP contribution in [0.5, 0.6) is 28.7 Å². The van der Waals surface area contributed by atoms with Gasteiger partial charge in [0, 0.05) is 86.0 Å². The van der Waals surface area contributed by atoms with Crippen molar-refractivity contribution in [2.45, 2.75) is 0 Å². The van der Waals surface area contributed by atoms with E-state index in [0.29, 0.717) is 79.1 Å². The minimum atomic E-state index is -0.418. The Morgan fingerprint density at radius 3 is 0.991 bits per heavy atom. The molecule has 0 bridgehead atoms. The van der Waals surface area contributed by atoms with Gasteiger partial charge in [-0.2, -0.15) is 5.26 Å². The summed E-state index contributed by atoms with van der Waals surface area (Å²) in [5.41, 5.74) is 16.1. The number of nitriles is 1. The average molecular weight is 1470 g/mol. The molecule has 0 unspecified atom stereocenters. The number of rotatable bonds is 17. The minimum Gasteiger partial charge on any atom is -0.504 e. The Morgan fingerprint density at radius 1 is 0.324 bits per heavy atom. The van der Waals surface area contributed by atoms with Gasteiger partial charge in [0.25, 0.3) is 23.6 Å². The number of amides is 4. The van der Waals surface area contributed by atoms with Gasteiger partial charge in [0.15, 0.2) is 23.0 Å². The van der Waals surface area contributed by atoms with E-state index in [2.05, 4.69) is 45.9 Å². The van der Waals surface area contributed by atoms with Crippen molar-refractivity contribution in [3.8, 4) is 57.6 Å². The van der Waals surface area contributed by atoms with E-state index < -0.39 is 5.97 Å². The lowest BCUT2D eigenvalue weighted by atomic mass is 10.1. The molecule has 24 heteroatoms. The zero-order valence-corrected chi connectivity index (χ0v) is 60.3. The molecule has 0 fully saturated rings. The van der Waals surface area contributed by atoms with Crippen LogP contribution in [0, 0.1) is 11.3 Å². The molecular formula is C87H69N13O11. The zero-order valence-electron chi connectivity index (χ0n) is 60.3. The number of nitrogens with zero attached hydrogens (tertiary/aromatic N) is 9. The van der Waals surface area contributed by atoms with Crippen LogP contribution in [0.25, 0.3) is 66.9 Å². The average Bonchev–Trinajstić information content (AvgIpc) is 1.71. The third-order valence-corrected chi connectivity index (χ3v) is 17.6. The molecule has 0 atom stereocenters. The van der Waals surface area contributed by atoms with E-state index >= 15 is 0 Å². The number of anilines is 4. The van der Waals surface area contributed by atoms with Gasteiger partial charge in [0.2, 0.25) is 0 Å². The predicted octanol–water partition coefficient (Wildman–Crippen LogP) is 16.5. The Balaban J connectivity index is 0.000000130. The third-order valence-electron chi connectivity index (χ3n) is 17.6. The number of carbonyl (C=O) groups excluding carboxylic acids is 5. The second kappa shape index (κ2) is 34.1. The maximum atomic E-state index is 12.7. The molecule has 111 heavy (non-hydrogen) atoms. The highest BCUT2D eigenvalue weighted by atomic mass is 16.5. The first kappa shape index (κ1) is 73.7. The maximum Gasteiger partial charge on any atom is 0.337 e. The number of fused-ring (bicyclic) bond motifs is 4. The van der Waals surface area contributed by atoms with Gasteiger partial charge in [0.05, 0.1) is 90.8 Å². The lowest BCUT2D eigenvalue weighted by Crippen LogP contribution is -2.12. The van der Waals surface area contributed by atoms with Gasteiger partial charge in [-0.3, -0.25) is 37.4 Å². The molecule has 0 aliphatic rings. The normalized spacial score (nSPS) is 10.6. The van der Waals surface area contributed by atoms with Gasteiger partial charge in [-0.25, -0.2) is 24.7 Å². The molecule has 0 radical (unpaired) electrons. The number of phenolic OH excluding ortho intramolecular Hbond substituents is 1. The summed E-state index contributed by atoms with van der Waals surface area (Å²) in [6.45, 7) is 0. The monoisotopic (exact) mass is 1470 g/mol. The molecule has 0 spiro atoms. The largest absolute Gasteiger partial charge is 0.504 e. The third kappa shape index (κ3) is 17.0. The summed E-state index contributed by atoms with van der Waals surface area (Å²) in [6, 6.07) is 84.1. The van der Waals surface area contributed by atoms with Crippen LogP contribution in [-0.2, 0) is 4.74 Å². The van der Waals surface area contributed by atoms with Crippen molar-refractivity contribution < 1.29 is 52.8 Å². The number of aromatic hydroxyl groups is 1. The first-order valence-electron chi connectivity index (χ1n) is 34.4. The molecule has 4 aromatic heterocycles. The predicted molar refractivity (Wildman–Crippen MR) is 426 cm³/mol. The zero-order chi connectivity index (χ0) is 77.3. The van der Waals surface area contributed by atoms with Crippen molar-refractivity contribution in [1.82, 2.24) is 38.2 Å². The number of ether oxygens (including phenoxy) is 5. The maximum absolute atomic E-state index is 12.7. The van der Waals surface area contributed by atoms with Crippen molar-refractivity contribution in [3.63, 3.8) is 0 Å². The van der Waals surface area contributed by atoms with Gasteiger partial charge < -0.3 is 50.1 Å². The quantitative estimate of drug-likeness (QED) is 0.0418. The Labute approximate surface area is 635 Å². The number of hydrogen-bond acceptors (Lipinski definition) is 16. The van der Waals surface area contributed by atoms with E-state index in [1.807, 2.05) is 188 Å². The fraction of sp³-hybridized carbons (Fsp3) is 0.0575. The van der Waals surface area contributed by atoms with E-state index in [9.17, 15) is 29.1 Å². The van der Waals surface area contributed by atoms with Gasteiger partial charge in [-0.1, -0.05) is 72.8 Å². The molecule has 0 aliphatic carbocycles. The van der Waals surface area contributed by atoms with Gasteiger partial charge in [-0.05, 0) is 182 Å². The fourth-order valence-corrected chi connectivity index (χ4v) is 12.0. The van der Waals surface area contributed by atoms with Crippen LogP contribution in [0.3, 0.4) is 0 Å². The highest BCUT2D eigenvalue weighted by Crippen LogP contribution is 2.33. The molecule has 24 nitrogen and oxygen atoms in total. The Bertz CT molecular complexity index is 6160. The molecular weight excluding hydrogens is 1400 g/mol. The lowest BCUT2D eigenvalue weighted by molar-refractivity contribution is 0.0600. The van der Waals surface area contributed by atoms with E-state index in [1.54, 1.807) is 143 Å². The number of phenols is 1. The van der Waals surface area contributed by atoms with E-state index in [1.165, 1.54) is 27.4 Å². The number of esters is 1. The van der Waals surface area contributed by atoms with Crippen molar-refractivity contribution in [3.05, 3.63) is 332 Å². The van der Waals surface area contributed by atoms with Crippen LogP contribution in [0.1, 0.15) is 57.4 Å². The number of methoxy groups -OCH3 is 5. The molecule has 12 aromatic carbocycles. The molecule has 5 N–H and O–H groups in total. The fourth-order valence-electron chi connectivity index (χ4n) is 12.0.